The molecule has 19 heavy (non-hydrogen) atoms. The molecule has 0 spiro atoms. The molecule has 0 bridgehead atoms. The monoisotopic (exact) mass is 282 g/mol. The van der Waals surface area contributed by atoms with Crippen molar-refractivity contribution in [3.8, 4) is 0 Å². The Bertz CT molecular complexity index is 579. The van der Waals surface area contributed by atoms with Crippen molar-refractivity contribution in [2.24, 2.45) is 5.41 Å². The largest absolute Gasteiger partial charge is 0.396 e. The van der Waals surface area contributed by atoms with Crippen LogP contribution >= 0.6 is 0 Å². The number of rotatable bonds is 3. The van der Waals surface area contributed by atoms with Gasteiger partial charge in [-0.25, -0.2) is 8.42 Å². The minimum absolute atomic E-state index is 0.203. The Morgan fingerprint density at radius 2 is 2.05 bits per heavy atom. The second-order valence-corrected chi connectivity index (χ2v) is 8.22. The Hall–Kier alpha value is -1.23. The fraction of sp³-hybridized carbons (Fsp3) is 0.571. The predicted molar refractivity (Wildman–Crippen MR) is 79.0 cm³/mol. The normalized spacial score (nSPS) is 22.4. The molecule has 4 nitrogen and oxygen atoms in total. The summed E-state index contributed by atoms with van der Waals surface area (Å²) in [5.74, 6) is 0. The molecule has 0 aliphatic heterocycles. The van der Waals surface area contributed by atoms with Crippen molar-refractivity contribution >= 4 is 21.2 Å². The van der Waals surface area contributed by atoms with E-state index in [1.165, 1.54) is 12.7 Å². The Balaban J connectivity index is 2.23. The molecule has 106 valence electrons. The third-order valence-corrected chi connectivity index (χ3v) is 4.95. The summed E-state index contributed by atoms with van der Waals surface area (Å²) in [6.07, 6.45) is 4.53. The molecule has 1 unspecified atom stereocenters. The van der Waals surface area contributed by atoms with Crippen LogP contribution in [0.5, 0.6) is 0 Å². The number of anilines is 2. The lowest BCUT2D eigenvalue weighted by Gasteiger charge is -2.20. The summed E-state index contributed by atoms with van der Waals surface area (Å²) >= 11 is 0. The van der Waals surface area contributed by atoms with Gasteiger partial charge in [-0.3, -0.25) is 0 Å². The molecular formula is C14H22N2O2S. The Morgan fingerprint density at radius 1 is 1.37 bits per heavy atom. The first kappa shape index (κ1) is 14.2. The van der Waals surface area contributed by atoms with Crippen LogP contribution in [-0.2, 0) is 9.84 Å². The SMILES string of the molecule is CC1(C)CCC(Nc2cccc(S(C)(=O)=O)c2N)C1. The van der Waals surface area contributed by atoms with Gasteiger partial charge in [0.1, 0.15) is 0 Å². The number of nitrogens with one attached hydrogen (secondary N) is 1. The summed E-state index contributed by atoms with van der Waals surface area (Å²) in [6, 6.07) is 5.49. The van der Waals surface area contributed by atoms with E-state index in [0.717, 1.165) is 18.5 Å². The molecule has 1 aliphatic rings. The van der Waals surface area contributed by atoms with E-state index in [9.17, 15) is 8.42 Å². The van der Waals surface area contributed by atoms with Gasteiger partial charge < -0.3 is 11.1 Å². The second kappa shape index (κ2) is 4.71. The average Bonchev–Trinajstić information content (AvgIpc) is 2.59. The molecule has 1 aromatic carbocycles. The molecule has 0 radical (unpaired) electrons. The smallest absolute Gasteiger partial charge is 0.177 e. The topological polar surface area (TPSA) is 72.2 Å². The van der Waals surface area contributed by atoms with Crippen LogP contribution in [0.2, 0.25) is 0 Å². The van der Waals surface area contributed by atoms with Crippen LogP contribution in [0, 0.1) is 5.41 Å². The maximum absolute atomic E-state index is 11.6. The summed E-state index contributed by atoms with van der Waals surface area (Å²) in [5.41, 5.74) is 7.38. The maximum Gasteiger partial charge on any atom is 0.177 e. The third kappa shape index (κ3) is 3.21. The van der Waals surface area contributed by atoms with E-state index >= 15 is 0 Å². The van der Waals surface area contributed by atoms with E-state index in [4.69, 9.17) is 5.73 Å². The number of benzene rings is 1. The van der Waals surface area contributed by atoms with Crippen LogP contribution in [0.15, 0.2) is 23.1 Å². The lowest BCUT2D eigenvalue weighted by molar-refractivity contribution is 0.378. The molecule has 0 saturated heterocycles. The first-order valence-corrected chi connectivity index (χ1v) is 8.43. The molecule has 3 N–H and O–H groups in total. The second-order valence-electron chi connectivity index (χ2n) is 6.24. The van der Waals surface area contributed by atoms with Crippen molar-refractivity contribution in [3.05, 3.63) is 18.2 Å². The third-order valence-electron chi connectivity index (χ3n) is 3.79. The Labute approximate surface area is 115 Å². The molecule has 1 saturated carbocycles. The number of nitrogens with two attached hydrogens (primary N) is 1. The highest BCUT2D eigenvalue weighted by Crippen LogP contribution is 2.39. The van der Waals surface area contributed by atoms with E-state index in [1.807, 2.05) is 6.07 Å². The lowest BCUT2D eigenvalue weighted by atomic mass is 9.92. The van der Waals surface area contributed by atoms with Gasteiger partial charge in [0.25, 0.3) is 0 Å². The van der Waals surface area contributed by atoms with Crippen molar-refractivity contribution in [1.82, 2.24) is 0 Å². The minimum Gasteiger partial charge on any atom is -0.396 e. The predicted octanol–water partition coefficient (Wildman–Crippen LogP) is 2.66. The quantitative estimate of drug-likeness (QED) is 0.836. The van der Waals surface area contributed by atoms with E-state index < -0.39 is 9.84 Å². The standard InChI is InChI=1S/C14H22N2O2S/c1-14(2)8-7-10(9-14)16-11-5-4-6-12(13(11)15)19(3,17)18/h4-6,10,16H,7-9,15H2,1-3H3. The number of para-hydroxylation sites is 1. The molecule has 1 fully saturated rings. The van der Waals surface area contributed by atoms with Crippen LogP contribution in [0.1, 0.15) is 33.1 Å². The summed E-state index contributed by atoms with van der Waals surface area (Å²) in [4.78, 5) is 0.203. The van der Waals surface area contributed by atoms with Gasteiger partial charge in [-0.15, -0.1) is 0 Å². The van der Waals surface area contributed by atoms with Crippen molar-refractivity contribution in [2.45, 2.75) is 44.0 Å². The van der Waals surface area contributed by atoms with Gasteiger partial charge in [-0.1, -0.05) is 19.9 Å². The van der Waals surface area contributed by atoms with Crippen LogP contribution in [-0.4, -0.2) is 20.7 Å². The van der Waals surface area contributed by atoms with Crippen LogP contribution in [0.25, 0.3) is 0 Å². The number of sulfone groups is 1. The molecule has 1 aliphatic carbocycles. The fourth-order valence-corrected chi connectivity index (χ4v) is 3.61. The molecule has 0 amide bonds. The van der Waals surface area contributed by atoms with Gasteiger partial charge in [-0.2, -0.15) is 0 Å². The van der Waals surface area contributed by atoms with Gasteiger partial charge in [0.15, 0.2) is 9.84 Å². The zero-order chi connectivity index (χ0) is 14.3. The molecule has 2 rings (SSSR count). The van der Waals surface area contributed by atoms with E-state index in [-0.39, 0.29) is 4.90 Å². The number of hydrogen-bond donors (Lipinski definition) is 2. The highest BCUT2D eigenvalue weighted by Gasteiger charge is 2.31. The van der Waals surface area contributed by atoms with Gasteiger partial charge in [-0.05, 0) is 36.8 Å². The van der Waals surface area contributed by atoms with E-state index in [2.05, 4.69) is 19.2 Å². The first-order valence-electron chi connectivity index (χ1n) is 6.54. The van der Waals surface area contributed by atoms with Gasteiger partial charge in [0, 0.05) is 12.3 Å². The van der Waals surface area contributed by atoms with Crippen molar-refractivity contribution in [1.29, 1.82) is 0 Å². The molecule has 1 aromatic rings. The molecule has 1 atom stereocenters. The Kier molecular flexibility index (Phi) is 3.51. The molecule has 5 heteroatoms. The maximum atomic E-state index is 11.6. The number of nitrogen functional groups attached to an aromatic ring is 1. The molecular weight excluding hydrogens is 260 g/mol. The molecule has 0 heterocycles. The Morgan fingerprint density at radius 3 is 2.58 bits per heavy atom. The summed E-state index contributed by atoms with van der Waals surface area (Å²) in [5, 5.41) is 3.39. The van der Waals surface area contributed by atoms with Gasteiger partial charge >= 0.3 is 0 Å². The zero-order valence-electron chi connectivity index (χ0n) is 11.7. The zero-order valence-corrected chi connectivity index (χ0v) is 12.5. The highest BCUT2D eigenvalue weighted by atomic mass is 32.2. The van der Waals surface area contributed by atoms with Crippen LogP contribution < -0.4 is 11.1 Å². The van der Waals surface area contributed by atoms with Gasteiger partial charge in [0.05, 0.1) is 16.3 Å². The summed E-state index contributed by atoms with van der Waals surface area (Å²) < 4.78 is 23.3. The fourth-order valence-electron chi connectivity index (χ4n) is 2.77. The van der Waals surface area contributed by atoms with Crippen molar-refractivity contribution < 1.29 is 8.42 Å². The van der Waals surface area contributed by atoms with Gasteiger partial charge in [0.2, 0.25) is 0 Å². The number of hydrogen-bond acceptors (Lipinski definition) is 4. The van der Waals surface area contributed by atoms with E-state index in [1.54, 1.807) is 12.1 Å². The summed E-state index contributed by atoms with van der Waals surface area (Å²) in [6.45, 7) is 4.51. The lowest BCUT2D eigenvalue weighted by Crippen LogP contribution is -2.19. The summed E-state index contributed by atoms with van der Waals surface area (Å²) in [7, 11) is -3.28. The first-order chi connectivity index (χ1) is 8.69. The van der Waals surface area contributed by atoms with Crippen molar-refractivity contribution in [3.63, 3.8) is 0 Å². The van der Waals surface area contributed by atoms with Crippen molar-refractivity contribution in [2.75, 3.05) is 17.3 Å². The highest BCUT2D eigenvalue weighted by molar-refractivity contribution is 7.90. The van der Waals surface area contributed by atoms with E-state index in [0.29, 0.717) is 17.1 Å². The van der Waals surface area contributed by atoms with Crippen LogP contribution in [0.4, 0.5) is 11.4 Å². The molecule has 0 aromatic heterocycles. The average molecular weight is 282 g/mol. The minimum atomic E-state index is -3.28. The van der Waals surface area contributed by atoms with Crippen LogP contribution in [0.3, 0.4) is 0 Å².